The second kappa shape index (κ2) is 6.15. The van der Waals surface area contributed by atoms with Gasteiger partial charge >= 0.3 is 0 Å². The number of nitro groups is 1. The van der Waals surface area contributed by atoms with Gasteiger partial charge in [-0.3, -0.25) is 14.9 Å². The summed E-state index contributed by atoms with van der Waals surface area (Å²) in [6.45, 7) is 2.03. The summed E-state index contributed by atoms with van der Waals surface area (Å²) >= 11 is 0. The van der Waals surface area contributed by atoms with E-state index in [0.717, 1.165) is 18.2 Å². The molecule has 1 atom stereocenters. The number of rotatable bonds is 3. The molecule has 1 aromatic carbocycles. The molecule has 1 amide bonds. The van der Waals surface area contributed by atoms with Crippen molar-refractivity contribution in [2.45, 2.75) is 6.04 Å². The topological polar surface area (TPSA) is 92.7 Å². The maximum Gasteiger partial charge on any atom is 0.272 e. The molecule has 0 aliphatic carbocycles. The van der Waals surface area contributed by atoms with Gasteiger partial charge in [0, 0.05) is 32.2 Å². The van der Waals surface area contributed by atoms with Crippen LogP contribution in [0.5, 0.6) is 0 Å². The smallest absolute Gasteiger partial charge is 0.272 e. The van der Waals surface area contributed by atoms with Crippen molar-refractivity contribution in [2.24, 2.45) is 5.73 Å². The third-order valence-electron chi connectivity index (χ3n) is 3.61. The second-order valence-electron chi connectivity index (χ2n) is 5.07. The minimum Gasteiger partial charge on any atom is -0.332 e. The minimum absolute atomic E-state index is 0.163. The van der Waals surface area contributed by atoms with Gasteiger partial charge in [-0.2, -0.15) is 0 Å². The number of nitrogens with two attached hydrogens (primary N) is 1. The van der Waals surface area contributed by atoms with Crippen molar-refractivity contribution in [2.75, 3.05) is 33.2 Å². The predicted octanol–water partition coefficient (Wildman–Crippen LogP) is 0.449. The second-order valence-corrected chi connectivity index (χ2v) is 5.07. The Balaban J connectivity index is 2.25. The van der Waals surface area contributed by atoms with Crippen molar-refractivity contribution in [3.63, 3.8) is 0 Å². The lowest BCUT2D eigenvalue weighted by Crippen LogP contribution is -2.56. The number of carbonyl (C=O) groups excluding carboxylic acids is 1. The first-order valence-electron chi connectivity index (χ1n) is 6.57. The van der Waals surface area contributed by atoms with E-state index in [1.807, 2.05) is 11.9 Å². The Hall–Kier alpha value is -2.06. The standard InChI is InChI=1S/C13H17FN4O3/c1-16-4-5-17(10(7-15)8-16)13(19)11-3-2-9(18(20)21)6-12(11)14/h2-3,6,10H,4-5,7-8,15H2,1H3. The van der Waals surface area contributed by atoms with E-state index in [1.165, 1.54) is 4.90 Å². The largest absolute Gasteiger partial charge is 0.332 e. The van der Waals surface area contributed by atoms with E-state index in [4.69, 9.17) is 5.73 Å². The normalized spacial score (nSPS) is 19.6. The quantitative estimate of drug-likeness (QED) is 0.645. The summed E-state index contributed by atoms with van der Waals surface area (Å²) in [5.74, 6) is -1.37. The molecule has 1 heterocycles. The van der Waals surface area contributed by atoms with Crippen LogP contribution in [-0.2, 0) is 0 Å². The number of hydrogen-bond acceptors (Lipinski definition) is 5. The van der Waals surface area contributed by atoms with Gasteiger partial charge < -0.3 is 15.5 Å². The van der Waals surface area contributed by atoms with Gasteiger partial charge in [0.05, 0.1) is 22.6 Å². The van der Waals surface area contributed by atoms with Crippen LogP contribution in [0.25, 0.3) is 0 Å². The van der Waals surface area contributed by atoms with E-state index in [9.17, 15) is 19.3 Å². The maximum absolute atomic E-state index is 13.9. The van der Waals surface area contributed by atoms with Gasteiger partial charge in [0.25, 0.3) is 11.6 Å². The molecule has 1 aromatic rings. The van der Waals surface area contributed by atoms with Crippen LogP contribution in [0.15, 0.2) is 18.2 Å². The highest BCUT2D eigenvalue weighted by Crippen LogP contribution is 2.20. The van der Waals surface area contributed by atoms with Crippen LogP contribution < -0.4 is 5.73 Å². The number of benzene rings is 1. The zero-order valence-electron chi connectivity index (χ0n) is 11.7. The lowest BCUT2D eigenvalue weighted by atomic mass is 10.1. The fourth-order valence-electron chi connectivity index (χ4n) is 2.43. The first-order valence-corrected chi connectivity index (χ1v) is 6.57. The molecule has 1 unspecified atom stereocenters. The summed E-state index contributed by atoms with van der Waals surface area (Å²) in [5, 5.41) is 10.6. The molecule has 8 heteroatoms. The number of nitro benzene ring substituents is 1. The van der Waals surface area contributed by atoms with Crippen LogP contribution in [0, 0.1) is 15.9 Å². The molecular weight excluding hydrogens is 279 g/mol. The molecule has 7 nitrogen and oxygen atoms in total. The Labute approximate surface area is 121 Å². The van der Waals surface area contributed by atoms with Crippen molar-refractivity contribution < 1.29 is 14.1 Å². The number of non-ortho nitro benzene ring substituents is 1. The first kappa shape index (κ1) is 15.3. The fraction of sp³-hybridized carbons (Fsp3) is 0.462. The van der Waals surface area contributed by atoms with E-state index in [2.05, 4.69) is 0 Å². The van der Waals surface area contributed by atoms with Crippen molar-refractivity contribution in [3.05, 3.63) is 39.7 Å². The minimum atomic E-state index is -0.885. The molecule has 0 bridgehead atoms. The van der Waals surface area contributed by atoms with Gasteiger partial charge in [0.2, 0.25) is 0 Å². The van der Waals surface area contributed by atoms with Crippen LogP contribution in [0.3, 0.4) is 0 Å². The molecule has 1 fully saturated rings. The highest BCUT2D eigenvalue weighted by Gasteiger charge is 2.30. The molecule has 0 aromatic heterocycles. The average molecular weight is 296 g/mol. The average Bonchev–Trinajstić information content (AvgIpc) is 2.46. The number of piperazine rings is 1. The molecule has 0 radical (unpaired) electrons. The van der Waals surface area contributed by atoms with Crippen LogP contribution >= 0.6 is 0 Å². The summed E-state index contributed by atoms with van der Waals surface area (Å²) < 4.78 is 13.9. The summed E-state index contributed by atoms with van der Waals surface area (Å²) in [7, 11) is 1.93. The van der Waals surface area contributed by atoms with E-state index in [-0.39, 0.29) is 23.8 Å². The van der Waals surface area contributed by atoms with Crippen molar-refractivity contribution in [3.8, 4) is 0 Å². The maximum atomic E-state index is 13.9. The van der Waals surface area contributed by atoms with E-state index >= 15 is 0 Å². The Morgan fingerprint density at radius 1 is 1.52 bits per heavy atom. The molecule has 0 saturated carbocycles. The van der Waals surface area contributed by atoms with Crippen molar-refractivity contribution in [1.82, 2.24) is 9.80 Å². The Morgan fingerprint density at radius 3 is 2.81 bits per heavy atom. The van der Waals surface area contributed by atoms with Crippen molar-refractivity contribution in [1.29, 1.82) is 0 Å². The highest BCUT2D eigenvalue weighted by molar-refractivity contribution is 5.95. The van der Waals surface area contributed by atoms with Crippen LogP contribution in [-0.4, -0.2) is 59.9 Å². The molecule has 2 rings (SSSR count). The van der Waals surface area contributed by atoms with Gasteiger partial charge in [-0.25, -0.2) is 4.39 Å². The summed E-state index contributed by atoms with van der Waals surface area (Å²) in [5.41, 5.74) is 5.13. The van der Waals surface area contributed by atoms with Crippen LogP contribution in [0.2, 0.25) is 0 Å². The molecule has 1 aliphatic rings. The Bertz CT molecular complexity index is 566. The third-order valence-corrected chi connectivity index (χ3v) is 3.61. The Kier molecular flexibility index (Phi) is 4.49. The number of amides is 1. The molecule has 2 N–H and O–H groups in total. The molecule has 1 aliphatic heterocycles. The zero-order valence-corrected chi connectivity index (χ0v) is 11.7. The zero-order chi connectivity index (χ0) is 15.6. The lowest BCUT2D eigenvalue weighted by Gasteiger charge is -2.39. The van der Waals surface area contributed by atoms with Gasteiger partial charge in [-0.15, -0.1) is 0 Å². The number of halogens is 1. The molecular formula is C13H17FN4O3. The lowest BCUT2D eigenvalue weighted by molar-refractivity contribution is -0.385. The van der Waals surface area contributed by atoms with Gasteiger partial charge in [0.1, 0.15) is 5.82 Å². The van der Waals surface area contributed by atoms with E-state index in [0.29, 0.717) is 19.6 Å². The fourth-order valence-corrected chi connectivity index (χ4v) is 2.43. The van der Waals surface area contributed by atoms with Crippen LogP contribution in [0.1, 0.15) is 10.4 Å². The van der Waals surface area contributed by atoms with Crippen LogP contribution in [0.4, 0.5) is 10.1 Å². The number of nitrogens with zero attached hydrogens (tertiary/aromatic N) is 3. The summed E-state index contributed by atoms with van der Waals surface area (Å²) in [6.07, 6.45) is 0. The monoisotopic (exact) mass is 296 g/mol. The number of likely N-dealkylation sites (N-methyl/N-ethyl adjacent to an activating group) is 1. The number of hydrogen-bond donors (Lipinski definition) is 1. The van der Waals surface area contributed by atoms with E-state index < -0.39 is 16.6 Å². The molecule has 114 valence electrons. The predicted molar refractivity (Wildman–Crippen MR) is 74.4 cm³/mol. The van der Waals surface area contributed by atoms with Crippen molar-refractivity contribution >= 4 is 11.6 Å². The molecule has 0 spiro atoms. The Morgan fingerprint density at radius 2 is 2.24 bits per heavy atom. The summed E-state index contributed by atoms with van der Waals surface area (Å²) in [6, 6.07) is 2.86. The van der Waals surface area contributed by atoms with Gasteiger partial charge in [-0.1, -0.05) is 0 Å². The highest BCUT2D eigenvalue weighted by atomic mass is 19.1. The third kappa shape index (κ3) is 3.17. The molecule has 21 heavy (non-hydrogen) atoms. The molecule has 1 saturated heterocycles. The van der Waals surface area contributed by atoms with E-state index in [1.54, 1.807) is 0 Å². The number of carbonyl (C=O) groups is 1. The van der Waals surface area contributed by atoms with Gasteiger partial charge in [0.15, 0.2) is 0 Å². The van der Waals surface area contributed by atoms with Gasteiger partial charge in [-0.05, 0) is 13.1 Å². The summed E-state index contributed by atoms with van der Waals surface area (Å²) in [4.78, 5) is 25.9. The SMILES string of the molecule is CN1CCN(C(=O)c2ccc([N+](=O)[O-])cc2F)C(CN)C1. The first-order chi connectivity index (χ1) is 9.93.